The largest absolute Gasteiger partial charge is 0.493 e. The summed E-state index contributed by atoms with van der Waals surface area (Å²) in [6.45, 7) is 2.93. The van der Waals surface area contributed by atoms with E-state index in [1.807, 2.05) is 83.4 Å². The van der Waals surface area contributed by atoms with E-state index in [9.17, 15) is 4.79 Å². The van der Waals surface area contributed by atoms with Crippen LogP contribution in [0.3, 0.4) is 0 Å². The average molecular weight is 594 g/mol. The molecule has 0 saturated heterocycles. The number of hydrogen-bond donors (Lipinski definition) is 0. The SMILES string of the molecule is CCOC(=O)c1c(-c2ccc3nsnc3c2)c2cc(OC)c(OCc3ccccc3)cc2n1Cc1ccc2c(c1)OCO2. The van der Waals surface area contributed by atoms with Crippen molar-refractivity contribution in [3.8, 4) is 34.1 Å². The number of methoxy groups -OCH3 is 1. The molecule has 0 atom stereocenters. The van der Waals surface area contributed by atoms with Crippen LogP contribution >= 0.6 is 11.7 Å². The van der Waals surface area contributed by atoms with Gasteiger partial charge in [0, 0.05) is 23.6 Å². The number of rotatable bonds is 9. The first-order valence-corrected chi connectivity index (χ1v) is 14.5. The third-order valence-corrected chi connectivity index (χ3v) is 7.93. The van der Waals surface area contributed by atoms with Crippen LogP contribution in [0.4, 0.5) is 0 Å². The van der Waals surface area contributed by atoms with Gasteiger partial charge in [0.15, 0.2) is 23.0 Å². The molecule has 3 heterocycles. The van der Waals surface area contributed by atoms with Gasteiger partial charge < -0.3 is 28.3 Å². The molecule has 1 aliphatic heterocycles. The Balaban J connectivity index is 1.45. The highest BCUT2D eigenvalue weighted by Crippen LogP contribution is 2.43. The Morgan fingerprint density at radius 1 is 0.907 bits per heavy atom. The van der Waals surface area contributed by atoms with Crippen molar-refractivity contribution < 1.29 is 28.5 Å². The van der Waals surface area contributed by atoms with Crippen molar-refractivity contribution >= 4 is 39.6 Å². The molecule has 0 aliphatic carbocycles. The molecule has 0 spiro atoms. The maximum Gasteiger partial charge on any atom is 0.355 e. The zero-order valence-corrected chi connectivity index (χ0v) is 24.3. The van der Waals surface area contributed by atoms with Crippen molar-refractivity contribution in [1.29, 1.82) is 0 Å². The molecule has 10 heteroatoms. The predicted octanol–water partition coefficient (Wildman–Crippen LogP) is 6.85. The molecule has 9 nitrogen and oxygen atoms in total. The smallest absolute Gasteiger partial charge is 0.355 e. The molecule has 2 aromatic heterocycles. The Kier molecular flexibility index (Phi) is 7.04. The van der Waals surface area contributed by atoms with Gasteiger partial charge >= 0.3 is 5.97 Å². The van der Waals surface area contributed by atoms with Gasteiger partial charge in [0.25, 0.3) is 0 Å². The zero-order chi connectivity index (χ0) is 29.3. The fraction of sp³-hybridized carbons (Fsp3) is 0.182. The van der Waals surface area contributed by atoms with E-state index in [1.54, 1.807) is 14.0 Å². The van der Waals surface area contributed by atoms with Gasteiger partial charge in [-0.1, -0.05) is 42.5 Å². The van der Waals surface area contributed by atoms with E-state index in [0.717, 1.165) is 55.9 Å². The van der Waals surface area contributed by atoms with E-state index >= 15 is 0 Å². The summed E-state index contributed by atoms with van der Waals surface area (Å²) in [4.78, 5) is 13.8. The molecule has 7 rings (SSSR count). The number of fused-ring (bicyclic) bond motifs is 3. The van der Waals surface area contributed by atoms with Crippen LogP contribution in [-0.2, 0) is 17.9 Å². The average Bonchev–Trinajstić information content (AvgIpc) is 3.77. The third kappa shape index (κ3) is 4.99. The van der Waals surface area contributed by atoms with Crippen molar-refractivity contribution in [3.63, 3.8) is 0 Å². The minimum Gasteiger partial charge on any atom is -0.493 e. The summed E-state index contributed by atoms with van der Waals surface area (Å²) in [7, 11) is 1.61. The topological polar surface area (TPSA) is 93.9 Å². The van der Waals surface area contributed by atoms with Gasteiger partial charge in [0.2, 0.25) is 6.79 Å². The molecule has 43 heavy (non-hydrogen) atoms. The number of ether oxygens (including phenoxy) is 5. The second kappa shape index (κ2) is 11.3. The third-order valence-electron chi connectivity index (χ3n) is 7.37. The lowest BCUT2D eigenvalue weighted by Gasteiger charge is -2.14. The van der Waals surface area contributed by atoms with E-state index < -0.39 is 5.97 Å². The monoisotopic (exact) mass is 593 g/mol. The maximum atomic E-state index is 13.8. The summed E-state index contributed by atoms with van der Waals surface area (Å²) in [6.07, 6.45) is 0. The number of carbonyl (C=O) groups is 1. The van der Waals surface area contributed by atoms with Crippen LogP contribution in [0.5, 0.6) is 23.0 Å². The Labute approximate surface area is 251 Å². The molecular weight excluding hydrogens is 566 g/mol. The lowest BCUT2D eigenvalue weighted by Crippen LogP contribution is -2.14. The van der Waals surface area contributed by atoms with E-state index in [-0.39, 0.29) is 13.4 Å². The predicted molar refractivity (Wildman–Crippen MR) is 163 cm³/mol. The Morgan fingerprint density at radius 3 is 2.58 bits per heavy atom. The number of nitrogens with zero attached hydrogens (tertiary/aromatic N) is 3. The van der Waals surface area contributed by atoms with Gasteiger partial charge in [-0.05, 0) is 53.9 Å². The molecule has 0 fully saturated rings. The van der Waals surface area contributed by atoms with Crippen LogP contribution in [-0.4, -0.2) is 39.8 Å². The summed E-state index contributed by atoms with van der Waals surface area (Å²) < 4.78 is 39.7. The van der Waals surface area contributed by atoms with Crippen LogP contribution in [0, 0.1) is 0 Å². The Hall–Kier alpha value is -5.09. The fourth-order valence-corrected chi connectivity index (χ4v) is 5.91. The lowest BCUT2D eigenvalue weighted by molar-refractivity contribution is 0.0516. The molecule has 0 radical (unpaired) electrons. The second-order valence-electron chi connectivity index (χ2n) is 9.98. The molecule has 0 saturated carbocycles. The first kappa shape index (κ1) is 26.8. The molecule has 1 aliphatic rings. The first-order chi connectivity index (χ1) is 21.1. The summed E-state index contributed by atoms with van der Waals surface area (Å²) in [5.41, 5.74) is 6.25. The zero-order valence-electron chi connectivity index (χ0n) is 23.5. The lowest BCUT2D eigenvalue weighted by atomic mass is 10.0. The fourth-order valence-electron chi connectivity index (χ4n) is 5.39. The van der Waals surface area contributed by atoms with Crippen LogP contribution in [0.25, 0.3) is 33.1 Å². The summed E-state index contributed by atoms with van der Waals surface area (Å²) in [5, 5.41) is 0.815. The molecule has 0 unspecified atom stereocenters. The van der Waals surface area contributed by atoms with Crippen molar-refractivity contribution in [2.24, 2.45) is 0 Å². The normalized spacial score (nSPS) is 12.1. The highest BCUT2D eigenvalue weighted by Gasteiger charge is 2.28. The van der Waals surface area contributed by atoms with Crippen LogP contribution in [0.1, 0.15) is 28.5 Å². The van der Waals surface area contributed by atoms with Crippen molar-refractivity contribution in [3.05, 3.63) is 95.7 Å². The second-order valence-corrected chi connectivity index (χ2v) is 10.5. The number of benzene rings is 4. The van der Waals surface area contributed by atoms with E-state index in [4.69, 9.17) is 23.7 Å². The Morgan fingerprint density at radius 2 is 1.74 bits per heavy atom. The quantitative estimate of drug-likeness (QED) is 0.168. The Bertz CT molecular complexity index is 1970. The van der Waals surface area contributed by atoms with Crippen LogP contribution in [0.2, 0.25) is 0 Å². The minimum absolute atomic E-state index is 0.180. The molecule has 0 bridgehead atoms. The number of hydrogen-bond acceptors (Lipinski definition) is 9. The van der Waals surface area contributed by atoms with Gasteiger partial charge in [-0.2, -0.15) is 8.75 Å². The van der Waals surface area contributed by atoms with Gasteiger partial charge in [-0.3, -0.25) is 0 Å². The minimum atomic E-state index is -0.434. The van der Waals surface area contributed by atoms with Gasteiger partial charge in [-0.15, -0.1) is 0 Å². The molecule has 6 aromatic rings. The van der Waals surface area contributed by atoms with Gasteiger partial charge in [0.05, 0.1) is 31.0 Å². The maximum absolute atomic E-state index is 13.8. The highest BCUT2D eigenvalue weighted by atomic mass is 32.1. The van der Waals surface area contributed by atoms with Gasteiger partial charge in [-0.25, -0.2) is 4.79 Å². The number of aromatic nitrogens is 3. The molecule has 216 valence electrons. The summed E-state index contributed by atoms with van der Waals surface area (Å²) in [5.74, 6) is 2.04. The van der Waals surface area contributed by atoms with Crippen LogP contribution < -0.4 is 18.9 Å². The molecule has 4 aromatic carbocycles. The number of esters is 1. The molecule has 0 N–H and O–H groups in total. The van der Waals surface area contributed by atoms with Crippen LogP contribution in [0.15, 0.2) is 78.9 Å². The summed E-state index contributed by atoms with van der Waals surface area (Å²) in [6, 6.07) is 25.4. The van der Waals surface area contributed by atoms with E-state index in [2.05, 4.69) is 8.75 Å². The highest BCUT2D eigenvalue weighted by molar-refractivity contribution is 7.00. The van der Waals surface area contributed by atoms with Gasteiger partial charge in [0.1, 0.15) is 23.3 Å². The summed E-state index contributed by atoms with van der Waals surface area (Å²) >= 11 is 1.15. The van der Waals surface area contributed by atoms with E-state index in [0.29, 0.717) is 41.8 Å². The van der Waals surface area contributed by atoms with E-state index in [1.165, 1.54) is 0 Å². The van der Waals surface area contributed by atoms with Crippen molar-refractivity contribution in [2.75, 3.05) is 20.5 Å². The molecular formula is C33H27N3O6S. The standard InChI is InChI=1S/C33H27N3O6S/c1-3-39-33(37)32-31(22-10-11-24-25(14-22)35-43-34-24)23-15-28(38-2)30(40-18-20-7-5-4-6-8-20)16-26(23)36(32)17-21-9-12-27-29(13-21)42-19-41-27/h4-16H,3,17-19H2,1-2H3. The first-order valence-electron chi connectivity index (χ1n) is 13.8. The number of carbonyl (C=O) groups excluding carboxylic acids is 1. The molecule has 0 amide bonds. The van der Waals surface area contributed by atoms with Crippen molar-refractivity contribution in [1.82, 2.24) is 13.3 Å². The van der Waals surface area contributed by atoms with Crippen molar-refractivity contribution in [2.45, 2.75) is 20.1 Å².